The summed E-state index contributed by atoms with van der Waals surface area (Å²) < 4.78 is 0. The zero-order chi connectivity index (χ0) is 44.4. The van der Waals surface area contributed by atoms with Gasteiger partial charge in [-0.1, -0.05) is 82.3 Å². The Labute approximate surface area is 379 Å². The topological polar surface area (TPSA) is 6.48 Å². The van der Waals surface area contributed by atoms with Crippen molar-refractivity contribution in [1.82, 2.24) is 0 Å². The summed E-state index contributed by atoms with van der Waals surface area (Å²) in [6, 6.07) is 59.9. The summed E-state index contributed by atoms with van der Waals surface area (Å²) >= 11 is 0. The Morgan fingerprint density at radius 2 is 0.625 bits per heavy atom. The number of fused-ring (bicyclic) bond motifs is 8. The van der Waals surface area contributed by atoms with Crippen LogP contribution in [0.4, 0.5) is 34.1 Å². The minimum atomic E-state index is -0.160. The van der Waals surface area contributed by atoms with Crippen LogP contribution in [-0.4, -0.2) is 0 Å². The lowest BCUT2D eigenvalue weighted by Crippen LogP contribution is -2.19. The van der Waals surface area contributed by atoms with Crippen LogP contribution in [0.1, 0.15) is 83.3 Å². The first-order valence-corrected chi connectivity index (χ1v) is 22.9. The van der Waals surface area contributed by atoms with E-state index in [-0.39, 0.29) is 10.8 Å². The Bertz CT molecular complexity index is 3120. The van der Waals surface area contributed by atoms with E-state index in [4.69, 9.17) is 0 Å². The normalized spacial score (nSPS) is 14.0. The predicted molar refractivity (Wildman–Crippen MR) is 274 cm³/mol. The molecule has 2 nitrogen and oxygen atoms in total. The molecule has 0 aliphatic heterocycles. The van der Waals surface area contributed by atoms with E-state index in [1.807, 2.05) is 0 Å². The van der Waals surface area contributed by atoms with Gasteiger partial charge in [-0.2, -0.15) is 0 Å². The summed E-state index contributed by atoms with van der Waals surface area (Å²) in [5.41, 5.74) is 25.7. The second-order valence-electron chi connectivity index (χ2n) is 19.8. The Morgan fingerprint density at radius 1 is 0.281 bits per heavy atom. The summed E-state index contributed by atoms with van der Waals surface area (Å²) in [5, 5.41) is 5.06. The second-order valence-corrected chi connectivity index (χ2v) is 19.8. The maximum atomic E-state index is 2.56. The zero-order valence-corrected chi connectivity index (χ0v) is 38.9. The van der Waals surface area contributed by atoms with Gasteiger partial charge in [-0.25, -0.2) is 0 Å². The number of nitrogens with zero attached hydrogens (tertiary/aromatic N) is 2. The standard InChI is InChI=1S/C62H56N2/c1-37-25-51(26-38(2)41(37)5)63(47-17-13-11-14-18-47)49-23-21-43-31-53-55-35-56-54-32-44-22-24-50(64(48-19-15-12-16-20-48)52-27-39(3)42(6)40(4)28-52)30-46(44)34-58(54)62(9,10)60(56)36-59(55)61(7,8)57(53)33-45(43)29-49/h11-36H,1-10H3. The van der Waals surface area contributed by atoms with Gasteiger partial charge in [0.05, 0.1) is 0 Å². The Kier molecular flexibility index (Phi) is 8.92. The average Bonchev–Trinajstić information content (AvgIpc) is 3.63. The fourth-order valence-electron chi connectivity index (χ4n) is 11.0. The largest absolute Gasteiger partial charge is 0.310 e. The lowest BCUT2D eigenvalue weighted by atomic mass is 9.77. The smallest absolute Gasteiger partial charge is 0.0468 e. The molecule has 2 aliphatic carbocycles. The van der Waals surface area contributed by atoms with Crippen molar-refractivity contribution in [2.24, 2.45) is 0 Å². The third kappa shape index (κ3) is 6.06. The molecule has 314 valence electrons. The van der Waals surface area contributed by atoms with Gasteiger partial charge >= 0.3 is 0 Å². The Balaban J connectivity index is 1.01. The molecule has 0 fully saturated rings. The molecule has 0 radical (unpaired) electrons. The number of benzene rings is 9. The molecule has 0 heterocycles. The Morgan fingerprint density at radius 3 is 1.00 bits per heavy atom. The van der Waals surface area contributed by atoms with Gasteiger partial charge in [0.15, 0.2) is 0 Å². The number of anilines is 6. The molecule has 2 aliphatic rings. The lowest BCUT2D eigenvalue weighted by Gasteiger charge is -2.28. The fraction of sp³-hybridized carbons (Fsp3) is 0.194. The van der Waals surface area contributed by atoms with Crippen LogP contribution >= 0.6 is 0 Å². The van der Waals surface area contributed by atoms with Gasteiger partial charge in [-0.3, -0.25) is 0 Å². The molecule has 0 bridgehead atoms. The molecule has 0 amide bonds. The number of hydrogen-bond acceptors (Lipinski definition) is 2. The third-order valence-electron chi connectivity index (χ3n) is 15.2. The van der Waals surface area contributed by atoms with E-state index in [1.165, 1.54) is 122 Å². The fourth-order valence-corrected chi connectivity index (χ4v) is 11.0. The molecule has 0 saturated heterocycles. The van der Waals surface area contributed by atoms with Crippen molar-refractivity contribution in [3.05, 3.63) is 213 Å². The Hall–Kier alpha value is -6.90. The van der Waals surface area contributed by atoms with Crippen LogP contribution in [-0.2, 0) is 10.8 Å². The zero-order valence-electron chi connectivity index (χ0n) is 38.9. The number of aryl methyl sites for hydroxylation is 4. The van der Waals surface area contributed by atoms with Crippen molar-refractivity contribution >= 4 is 55.7 Å². The summed E-state index contributed by atoms with van der Waals surface area (Å²) in [5.74, 6) is 0. The van der Waals surface area contributed by atoms with Gasteiger partial charge < -0.3 is 9.80 Å². The number of para-hydroxylation sites is 2. The van der Waals surface area contributed by atoms with Crippen molar-refractivity contribution in [2.45, 2.75) is 80.1 Å². The molecule has 2 heteroatoms. The van der Waals surface area contributed by atoms with E-state index in [9.17, 15) is 0 Å². The van der Waals surface area contributed by atoms with E-state index in [0.717, 1.165) is 11.4 Å². The van der Waals surface area contributed by atoms with E-state index in [2.05, 4.69) is 237 Å². The van der Waals surface area contributed by atoms with Gasteiger partial charge in [-0.05, 0) is 244 Å². The van der Waals surface area contributed by atoms with E-state index in [1.54, 1.807) is 0 Å². The molecule has 9 aromatic carbocycles. The summed E-state index contributed by atoms with van der Waals surface area (Å²) in [6.45, 7) is 23.0. The van der Waals surface area contributed by atoms with E-state index < -0.39 is 0 Å². The molecular weight excluding hydrogens is 773 g/mol. The van der Waals surface area contributed by atoms with E-state index in [0.29, 0.717) is 0 Å². The molecule has 0 aromatic heterocycles. The maximum absolute atomic E-state index is 2.56. The van der Waals surface area contributed by atoms with Crippen LogP contribution in [0.2, 0.25) is 0 Å². The first-order valence-electron chi connectivity index (χ1n) is 22.9. The SMILES string of the molecule is Cc1cc(N(c2ccccc2)c2ccc3cc4c(cc3c2)C(C)(C)c2cc3c(cc2-4)-c2cc4ccc(N(c5ccccc5)c5cc(C)c(C)c(C)c5)cc4cc2C3(C)C)cc(C)c1C. The highest BCUT2D eigenvalue weighted by Crippen LogP contribution is 2.57. The summed E-state index contributed by atoms with van der Waals surface area (Å²) in [7, 11) is 0. The minimum absolute atomic E-state index is 0.160. The van der Waals surface area contributed by atoms with Crippen LogP contribution in [0.25, 0.3) is 43.8 Å². The molecule has 0 saturated carbocycles. The number of hydrogen-bond donors (Lipinski definition) is 0. The average molecular weight is 829 g/mol. The lowest BCUT2D eigenvalue weighted by molar-refractivity contribution is 0.640. The predicted octanol–water partition coefficient (Wildman–Crippen LogP) is 17.4. The van der Waals surface area contributed by atoms with Gasteiger partial charge in [-0.15, -0.1) is 0 Å². The molecule has 9 aromatic rings. The molecule has 64 heavy (non-hydrogen) atoms. The highest BCUT2D eigenvalue weighted by molar-refractivity contribution is 6.00. The van der Waals surface area contributed by atoms with Crippen LogP contribution in [0, 0.1) is 41.5 Å². The first-order chi connectivity index (χ1) is 30.7. The highest BCUT2D eigenvalue weighted by Gasteiger charge is 2.42. The highest BCUT2D eigenvalue weighted by atomic mass is 15.1. The van der Waals surface area contributed by atoms with Crippen LogP contribution in [0.15, 0.2) is 158 Å². The van der Waals surface area contributed by atoms with Gasteiger partial charge in [0, 0.05) is 45.0 Å². The van der Waals surface area contributed by atoms with Crippen molar-refractivity contribution < 1.29 is 0 Å². The van der Waals surface area contributed by atoms with Crippen LogP contribution in [0.5, 0.6) is 0 Å². The van der Waals surface area contributed by atoms with Crippen LogP contribution in [0.3, 0.4) is 0 Å². The molecule has 0 spiro atoms. The first kappa shape index (κ1) is 39.9. The second kappa shape index (κ2) is 14.3. The van der Waals surface area contributed by atoms with Crippen LogP contribution < -0.4 is 9.80 Å². The molecule has 0 atom stereocenters. The van der Waals surface area contributed by atoms with Crippen molar-refractivity contribution in [3.63, 3.8) is 0 Å². The van der Waals surface area contributed by atoms with Gasteiger partial charge in [0.2, 0.25) is 0 Å². The molecule has 11 rings (SSSR count). The molecule has 0 N–H and O–H groups in total. The molecular formula is C62H56N2. The van der Waals surface area contributed by atoms with Crippen molar-refractivity contribution in [2.75, 3.05) is 9.80 Å². The molecule has 0 unspecified atom stereocenters. The van der Waals surface area contributed by atoms with Crippen molar-refractivity contribution in [1.29, 1.82) is 0 Å². The maximum Gasteiger partial charge on any atom is 0.0468 e. The van der Waals surface area contributed by atoms with Gasteiger partial charge in [0.25, 0.3) is 0 Å². The monoisotopic (exact) mass is 828 g/mol. The minimum Gasteiger partial charge on any atom is -0.310 e. The summed E-state index contributed by atoms with van der Waals surface area (Å²) in [6.07, 6.45) is 0. The summed E-state index contributed by atoms with van der Waals surface area (Å²) in [4.78, 5) is 4.82. The quantitative estimate of drug-likeness (QED) is 0.165. The van der Waals surface area contributed by atoms with Crippen molar-refractivity contribution in [3.8, 4) is 22.3 Å². The van der Waals surface area contributed by atoms with E-state index >= 15 is 0 Å². The van der Waals surface area contributed by atoms with Gasteiger partial charge in [0.1, 0.15) is 0 Å². The third-order valence-corrected chi connectivity index (χ3v) is 15.2. The number of rotatable bonds is 6.